The molecule has 0 aliphatic heterocycles. The molecule has 0 aliphatic rings. The third-order valence-corrected chi connectivity index (χ3v) is 3.66. The number of methoxy groups -OCH3 is 1. The summed E-state index contributed by atoms with van der Waals surface area (Å²) in [6.45, 7) is -0.424. The molecule has 0 N–H and O–H groups in total. The summed E-state index contributed by atoms with van der Waals surface area (Å²) < 4.78 is 45.1. The molecule has 26 heavy (non-hydrogen) atoms. The van der Waals surface area contributed by atoms with Gasteiger partial charge in [0.05, 0.1) is 37.3 Å². The number of aromatic nitrogens is 4. The lowest BCUT2D eigenvalue weighted by Gasteiger charge is -2.12. The highest BCUT2D eigenvalue weighted by molar-refractivity contribution is 5.58. The van der Waals surface area contributed by atoms with Crippen LogP contribution in [0.1, 0.15) is 6.42 Å². The minimum Gasteiger partial charge on any atom is -0.491 e. The second-order valence-corrected chi connectivity index (χ2v) is 5.47. The van der Waals surface area contributed by atoms with Crippen molar-refractivity contribution >= 4 is 0 Å². The summed E-state index contributed by atoms with van der Waals surface area (Å²) in [5.41, 5.74) is 0.500. The first-order chi connectivity index (χ1) is 12.4. The van der Waals surface area contributed by atoms with Gasteiger partial charge in [-0.15, -0.1) is 0 Å². The SMILES string of the molecule is COc1cn(CCC(F)(F)F)nc(-c2ccnn2-c2ccccc2)c1=O. The average molecular weight is 364 g/mol. The first-order valence-corrected chi connectivity index (χ1v) is 7.71. The molecule has 0 atom stereocenters. The highest BCUT2D eigenvalue weighted by Gasteiger charge is 2.27. The fourth-order valence-electron chi connectivity index (χ4n) is 2.44. The molecule has 2 heterocycles. The molecule has 6 nitrogen and oxygen atoms in total. The average Bonchev–Trinajstić information content (AvgIpc) is 3.10. The van der Waals surface area contributed by atoms with Crippen molar-refractivity contribution in [1.82, 2.24) is 19.6 Å². The van der Waals surface area contributed by atoms with Crippen molar-refractivity contribution in [2.24, 2.45) is 0 Å². The minimum absolute atomic E-state index is 0.0344. The van der Waals surface area contributed by atoms with Gasteiger partial charge >= 0.3 is 6.18 Å². The van der Waals surface area contributed by atoms with E-state index in [0.29, 0.717) is 11.4 Å². The maximum absolute atomic E-state index is 12.6. The van der Waals surface area contributed by atoms with E-state index in [0.717, 1.165) is 4.68 Å². The van der Waals surface area contributed by atoms with Gasteiger partial charge in [-0.05, 0) is 18.2 Å². The molecule has 2 aromatic heterocycles. The third kappa shape index (κ3) is 3.76. The number of alkyl halides is 3. The van der Waals surface area contributed by atoms with Gasteiger partial charge in [-0.1, -0.05) is 18.2 Å². The number of nitrogens with zero attached hydrogens (tertiary/aromatic N) is 4. The molecule has 0 unspecified atom stereocenters. The molecule has 0 aliphatic carbocycles. The van der Waals surface area contributed by atoms with Crippen molar-refractivity contribution in [3.8, 4) is 22.8 Å². The molecule has 136 valence electrons. The Kier molecular flexibility index (Phi) is 4.79. The van der Waals surface area contributed by atoms with Gasteiger partial charge in [-0.25, -0.2) is 4.68 Å². The van der Waals surface area contributed by atoms with E-state index in [1.54, 1.807) is 30.3 Å². The van der Waals surface area contributed by atoms with E-state index in [9.17, 15) is 18.0 Å². The lowest BCUT2D eigenvalue weighted by atomic mass is 10.2. The number of hydrogen-bond donors (Lipinski definition) is 0. The largest absolute Gasteiger partial charge is 0.491 e. The van der Waals surface area contributed by atoms with Gasteiger partial charge in [0.1, 0.15) is 0 Å². The summed E-state index contributed by atoms with van der Waals surface area (Å²) in [6, 6.07) is 10.6. The van der Waals surface area contributed by atoms with E-state index in [1.165, 1.54) is 24.2 Å². The van der Waals surface area contributed by atoms with Gasteiger partial charge in [0.25, 0.3) is 5.43 Å². The van der Waals surface area contributed by atoms with Crippen molar-refractivity contribution in [2.45, 2.75) is 19.1 Å². The molecule has 3 aromatic rings. The molecule has 0 saturated heterocycles. The second kappa shape index (κ2) is 7.03. The Morgan fingerprint density at radius 2 is 1.88 bits per heavy atom. The van der Waals surface area contributed by atoms with Gasteiger partial charge in [0.15, 0.2) is 11.4 Å². The van der Waals surface area contributed by atoms with Gasteiger partial charge in [0, 0.05) is 6.54 Å². The van der Waals surface area contributed by atoms with Crippen LogP contribution in [0.15, 0.2) is 53.6 Å². The van der Waals surface area contributed by atoms with Crippen molar-refractivity contribution < 1.29 is 17.9 Å². The number of para-hydroxylation sites is 1. The van der Waals surface area contributed by atoms with Crippen molar-refractivity contribution in [2.75, 3.05) is 7.11 Å². The predicted octanol–water partition coefficient (Wildman–Crippen LogP) is 3.06. The molecule has 0 amide bonds. The summed E-state index contributed by atoms with van der Waals surface area (Å²) in [5, 5.41) is 8.26. The Bertz CT molecular complexity index is 949. The molecule has 9 heteroatoms. The first-order valence-electron chi connectivity index (χ1n) is 7.71. The Morgan fingerprint density at radius 3 is 2.54 bits per heavy atom. The second-order valence-electron chi connectivity index (χ2n) is 5.47. The standard InChI is InChI=1S/C17H15F3N4O2/c1-26-14-11-23(10-8-17(18,19)20)22-15(16(14)25)13-7-9-21-24(13)12-5-3-2-4-6-12/h2-7,9,11H,8,10H2,1H3. The van der Waals surface area contributed by atoms with Crippen molar-refractivity contribution in [1.29, 1.82) is 0 Å². The van der Waals surface area contributed by atoms with Gasteiger partial charge in [-0.2, -0.15) is 23.4 Å². The molecule has 3 rings (SSSR count). The molecule has 0 fully saturated rings. The Labute approximate surface area is 146 Å². The van der Waals surface area contributed by atoms with Crippen LogP contribution in [-0.2, 0) is 6.54 Å². The minimum atomic E-state index is -4.33. The number of rotatable bonds is 5. The summed E-state index contributed by atoms with van der Waals surface area (Å²) in [6.07, 6.45) is -2.74. The summed E-state index contributed by atoms with van der Waals surface area (Å²) >= 11 is 0. The Balaban J connectivity index is 2.08. The summed E-state index contributed by atoms with van der Waals surface area (Å²) in [4.78, 5) is 12.6. The summed E-state index contributed by atoms with van der Waals surface area (Å²) in [7, 11) is 1.28. The predicted molar refractivity (Wildman–Crippen MR) is 88.3 cm³/mol. The van der Waals surface area contributed by atoms with Crippen LogP contribution in [0.5, 0.6) is 5.75 Å². The van der Waals surface area contributed by atoms with Crippen LogP contribution < -0.4 is 10.2 Å². The quantitative estimate of drug-likeness (QED) is 0.698. The van der Waals surface area contributed by atoms with E-state index >= 15 is 0 Å². The topological polar surface area (TPSA) is 61.9 Å². The molecule has 0 bridgehead atoms. The highest BCUT2D eigenvalue weighted by atomic mass is 19.4. The number of aryl methyl sites for hydroxylation is 1. The zero-order chi connectivity index (χ0) is 18.7. The number of benzene rings is 1. The maximum Gasteiger partial charge on any atom is 0.390 e. The number of ether oxygens (including phenoxy) is 1. The fourth-order valence-corrected chi connectivity index (χ4v) is 2.44. The zero-order valence-electron chi connectivity index (χ0n) is 13.8. The number of hydrogen-bond acceptors (Lipinski definition) is 4. The van der Waals surface area contributed by atoms with Crippen LogP contribution in [0.25, 0.3) is 17.1 Å². The smallest absolute Gasteiger partial charge is 0.390 e. The van der Waals surface area contributed by atoms with Crippen LogP contribution >= 0.6 is 0 Å². The third-order valence-electron chi connectivity index (χ3n) is 3.66. The van der Waals surface area contributed by atoms with E-state index in [2.05, 4.69) is 10.2 Å². The fraction of sp³-hybridized carbons (Fsp3) is 0.235. The van der Waals surface area contributed by atoms with Crippen LogP contribution in [0.3, 0.4) is 0 Å². The van der Waals surface area contributed by atoms with E-state index < -0.39 is 24.6 Å². The van der Waals surface area contributed by atoms with E-state index in [4.69, 9.17) is 4.74 Å². The van der Waals surface area contributed by atoms with Gasteiger partial charge < -0.3 is 4.74 Å². The first kappa shape index (κ1) is 17.7. The van der Waals surface area contributed by atoms with E-state index in [-0.39, 0.29) is 11.4 Å². The van der Waals surface area contributed by atoms with Gasteiger partial charge in [-0.3, -0.25) is 9.48 Å². The van der Waals surface area contributed by atoms with Crippen LogP contribution in [0.4, 0.5) is 13.2 Å². The van der Waals surface area contributed by atoms with Crippen molar-refractivity contribution in [3.05, 3.63) is 59.0 Å². The molecule has 0 saturated carbocycles. The Morgan fingerprint density at radius 1 is 1.15 bits per heavy atom. The highest BCUT2D eigenvalue weighted by Crippen LogP contribution is 2.22. The van der Waals surface area contributed by atoms with Crippen LogP contribution in [0.2, 0.25) is 0 Å². The molecular weight excluding hydrogens is 349 g/mol. The van der Waals surface area contributed by atoms with Gasteiger partial charge in [0.2, 0.25) is 0 Å². The molecular formula is C17H15F3N4O2. The normalized spacial score (nSPS) is 11.5. The van der Waals surface area contributed by atoms with Crippen LogP contribution in [0, 0.1) is 0 Å². The van der Waals surface area contributed by atoms with E-state index in [1.807, 2.05) is 6.07 Å². The van der Waals surface area contributed by atoms with Crippen LogP contribution in [-0.4, -0.2) is 32.8 Å². The molecule has 0 radical (unpaired) electrons. The summed E-state index contributed by atoms with van der Waals surface area (Å²) in [5.74, 6) is -0.0852. The Hall–Kier alpha value is -3.10. The molecule has 0 spiro atoms. The number of halogens is 3. The lowest BCUT2D eigenvalue weighted by Crippen LogP contribution is -2.20. The maximum atomic E-state index is 12.6. The molecule has 1 aromatic carbocycles. The van der Waals surface area contributed by atoms with Crippen molar-refractivity contribution in [3.63, 3.8) is 0 Å². The zero-order valence-corrected chi connectivity index (χ0v) is 13.8. The monoisotopic (exact) mass is 364 g/mol. The lowest BCUT2D eigenvalue weighted by molar-refractivity contribution is -0.137.